The zero-order valence-corrected chi connectivity index (χ0v) is 16.3. The summed E-state index contributed by atoms with van der Waals surface area (Å²) >= 11 is 5.81. The van der Waals surface area contributed by atoms with Crippen molar-refractivity contribution in [1.82, 2.24) is 4.98 Å². The molecule has 140 valence electrons. The van der Waals surface area contributed by atoms with Crippen LogP contribution in [0.2, 0.25) is 5.15 Å². The van der Waals surface area contributed by atoms with Crippen molar-refractivity contribution in [3.8, 4) is 11.5 Å². The van der Waals surface area contributed by atoms with Gasteiger partial charge >= 0.3 is 0 Å². The molecule has 0 amide bonds. The van der Waals surface area contributed by atoms with Crippen molar-refractivity contribution in [2.45, 2.75) is 13.5 Å². The van der Waals surface area contributed by atoms with Crippen LogP contribution in [-0.4, -0.2) is 19.2 Å². The summed E-state index contributed by atoms with van der Waals surface area (Å²) in [6.07, 6.45) is 1.58. The van der Waals surface area contributed by atoms with E-state index >= 15 is 0 Å². The zero-order chi connectivity index (χ0) is 19.3. The molecular formula is C20H19ClN2O3S. The zero-order valence-electron chi connectivity index (χ0n) is 14.7. The number of nitrogens with zero attached hydrogens (tertiary/aromatic N) is 2. The van der Waals surface area contributed by atoms with Crippen LogP contribution in [0.4, 0.5) is 5.69 Å². The minimum atomic E-state index is -3.46. The van der Waals surface area contributed by atoms with E-state index in [1.807, 2.05) is 30.3 Å². The second-order valence-corrected chi connectivity index (χ2v) is 8.37. The van der Waals surface area contributed by atoms with Crippen molar-refractivity contribution >= 4 is 27.3 Å². The number of benzene rings is 2. The largest absolute Gasteiger partial charge is 0.457 e. The van der Waals surface area contributed by atoms with E-state index in [0.29, 0.717) is 16.6 Å². The fourth-order valence-electron chi connectivity index (χ4n) is 2.48. The van der Waals surface area contributed by atoms with Gasteiger partial charge in [0.1, 0.15) is 16.7 Å². The third-order valence-electron chi connectivity index (χ3n) is 3.92. The molecule has 0 bridgehead atoms. The second-order valence-electron chi connectivity index (χ2n) is 5.81. The number of aromatic nitrogens is 1. The molecule has 5 nitrogen and oxygen atoms in total. The molecule has 0 saturated heterocycles. The second kappa shape index (κ2) is 8.41. The molecule has 7 heteroatoms. The van der Waals surface area contributed by atoms with Gasteiger partial charge in [-0.2, -0.15) is 0 Å². The van der Waals surface area contributed by atoms with Gasteiger partial charge in [0.05, 0.1) is 18.0 Å². The Morgan fingerprint density at radius 1 is 0.963 bits per heavy atom. The Hall–Kier alpha value is -2.57. The van der Waals surface area contributed by atoms with Crippen molar-refractivity contribution in [2.75, 3.05) is 10.1 Å². The molecule has 3 aromatic rings. The molecule has 1 aromatic heterocycles. The summed E-state index contributed by atoms with van der Waals surface area (Å²) in [6.45, 7) is 1.80. The van der Waals surface area contributed by atoms with Crippen LogP contribution in [-0.2, 0) is 16.6 Å². The molecule has 0 N–H and O–H groups in total. The topological polar surface area (TPSA) is 59.5 Å². The van der Waals surface area contributed by atoms with Crippen molar-refractivity contribution in [2.24, 2.45) is 0 Å². The molecule has 0 aliphatic carbocycles. The predicted molar refractivity (Wildman–Crippen MR) is 108 cm³/mol. The lowest BCUT2D eigenvalue weighted by atomic mass is 10.2. The first-order valence-corrected chi connectivity index (χ1v) is 10.4. The molecule has 0 saturated carbocycles. The van der Waals surface area contributed by atoms with Gasteiger partial charge in [0.15, 0.2) is 0 Å². The molecule has 2 aromatic carbocycles. The quantitative estimate of drug-likeness (QED) is 0.528. The summed E-state index contributed by atoms with van der Waals surface area (Å²) in [5.41, 5.74) is 1.31. The maximum atomic E-state index is 12.6. The van der Waals surface area contributed by atoms with E-state index in [1.54, 1.807) is 49.5 Å². The standard InChI is InChI=1S/C20H19ClN2O3S/c1-2-27(24,25)23(15-16-8-13-20(21)22-14-16)17-9-11-19(12-10-17)26-18-6-4-3-5-7-18/h3-14H,2,15H2,1H3. The summed E-state index contributed by atoms with van der Waals surface area (Å²) in [6, 6.07) is 19.8. The highest BCUT2D eigenvalue weighted by Gasteiger charge is 2.21. The van der Waals surface area contributed by atoms with Crippen LogP contribution in [0.5, 0.6) is 11.5 Å². The molecule has 0 spiro atoms. The minimum absolute atomic E-state index is 0.00369. The summed E-state index contributed by atoms with van der Waals surface area (Å²) < 4.78 is 32.3. The lowest BCUT2D eigenvalue weighted by Crippen LogP contribution is -2.31. The first-order chi connectivity index (χ1) is 13.0. The number of sulfonamides is 1. The molecule has 0 aliphatic rings. The van der Waals surface area contributed by atoms with Crippen LogP contribution in [0.3, 0.4) is 0 Å². The Labute approximate surface area is 164 Å². The van der Waals surface area contributed by atoms with Crippen LogP contribution >= 0.6 is 11.6 Å². The normalized spacial score (nSPS) is 11.2. The van der Waals surface area contributed by atoms with Crippen molar-refractivity contribution in [3.63, 3.8) is 0 Å². The average Bonchev–Trinajstić information content (AvgIpc) is 2.69. The van der Waals surface area contributed by atoms with Crippen LogP contribution in [0, 0.1) is 0 Å². The summed E-state index contributed by atoms with van der Waals surface area (Å²) in [4.78, 5) is 4.02. The van der Waals surface area contributed by atoms with E-state index in [4.69, 9.17) is 16.3 Å². The number of anilines is 1. The molecular weight excluding hydrogens is 384 g/mol. The SMILES string of the molecule is CCS(=O)(=O)N(Cc1ccc(Cl)nc1)c1ccc(Oc2ccccc2)cc1. The van der Waals surface area contributed by atoms with Crippen LogP contribution in [0.25, 0.3) is 0 Å². The number of rotatable bonds is 7. The number of hydrogen-bond donors (Lipinski definition) is 0. The maximum absolute atomic E-state index is 12.6. The first kappa shape index (κ1) is 19.2. The minimum Gasteiger partial charge on any atom is -0.457 e. The number of para-hydroxylation sites is 1. The Morgan fingerprint density at radius 2 is 1.63 bits per heavy atom. The number of hydrogen-bond acceptors (Lipinski definition) is 4. The van der Waals surface area contributed by atoms with Crippen LogP contribution in [0.1, 0.15) is 12.5 Å². The van der Waals surface area contributed by atoms with Gasteiger partial charge in [-0.3, -0.25) is 4.31 Å². The summed E-state index contributed by atoms with van der Waals surface area (Å²) in [5.74, 6) is 1.35. The summed E-state index contributed by atoms with van der Waals surface area (Å²) in [5, 5.41) is 0.367. The van der Waals surface area contributed by atoms with Gasteiger partial charge in [-0.25, -0.2) is 13.4 Å². The van der Waals surface area contributed by atoms with E-state index in [-0.39, 0.29) is 12.3 Å². The van der Waals surface area contributed by atoms with Crippen LogP contribution < -0.4 is 9.04 Å². The molecule has 3 rings (SSSR count). The van der Waals surface area contributed by atoms with Crippen molar-refractivity contribution < 1.29 is 13.2 Å². The third-order valence-corrected chi connectivity index (χ3v) is 5.88. The molecule has 0 unspecified atom stereocenters. The van der Waals surface area contributed by atoms with Gasteiger partial charge in [-0.05, 0) is 55.0 Å². The van der Waals surface area contributed by atoms with Gasteiger partial charge in [0.25, 0.3) is 0 Å². The van der Waals surface area contributed by atoms with Gasteiger partial charge < -0.3 is 4.74 Å². The third kappa shape index (κ3) is 4.99. The first-order valence-electron chi connectivity index (χ1n) is 8.42. The molecule has 0 radical (unpaired) electrons. The monoisotopic (exact) mass is 402 g/mol. The van der Waals surface area contributed by atoms with Crippen molar-refractivity contribution in [3.05, 3.63) is 83.6 Å². The Morgan fingerprint density at radius 3 is 2.22 bits per heavy atom. The van der Waals surface area contributed by atoms with Gasteiger partial charge in [-0.1, -0.05) is 35.9 Å². The van der Waals surface area contributed by atoms with E-state index in [2.05, 4.69) is 4.98 Å². The van der Waals surface area contributed by atoms with Gasteiger partial charge in [-0.15, -0.1) is 0 Å². The van der Waals surface area contributed by atoms with Gasteiger partial charge in [0, 0.05) is 6.20 Å². The average molecular weight is 403 g/mol. The van der Waals surface area contributed by atoms with E-state index in [0.717, 1.165) is 11.3 Å². The summed E-state index contributed by atoms with van der Waals surface area (Å²) in [7, 11) is -3.46. The number of halogens is 1. The molecule has 0 atom stereocenters. The number of ether oxygens (including phenoxy) is 1. The van der Waals surface area contributed by atoms with E-state index < -0.39 is 10.0 Å². The highest BCUT2D eigenvalue weighted by molar-refractivity contribution is 7.92. The smallest absolute Gasteiger partial charge is 0.235 e. The Kier molecular flexibility index (Phi) is 5.98. The maximum Gasteiger partial charge on any atom is 0.235 e. The molecule has 27 heavy (non-hydrogen) atoms. The Balaban J connectivity index is 1.84. The highest BCUT2D eigenvalue weighted by atomic mass is 35.5. The fraction of sp³-hybridized carbons (Fsp3) is 0.150. The van der Waals surface area contributed by atoms with Crippen LogP contribution in [0.15, 0.2) is 72.9 Å². The highest BCUT2D eigenvalue weighted by Crippen LogP contribution is 2.27. The van der Waals surface area contributed by atoms with Crippen molar-refractivity contribution in [1.29, 1.82) is 0 Å². The molecule has 0 aliphatic heterocycles. The predicted octanol–water partition coefficient (Wildman–Crippen LogP) is 4.88. The molecule has 0 fully saturated rings. The lowest BCUT2D eigenvalue weighted by molar-refractivity contribution is 0.482. The lowest BCUT2D eigenvalue weighted by Gasteiger charge is -2.24. The fourth-order valence-corrected chi connectivity index (χ4v) is 3.69. The van der Waals surface area contributed by atoms with E-state index in [9.17, 15) is 8.42 Å². The Bertz CT molecular complexity index is 976. The van der Waals surface area contributed by atoms with E-state index in [1.165, 1.54) is 4.31 Å². The number of pyridine rings is 1. The molecule has 1 heterocycles. The van der Waals surface area contributed by atoms with Gasteiger partial charge in [0.2, 0.25) is 10.0 Å².